The van der Waals surface area contributed by atoms with Gasteiger partial charge in [-0.2, -0.15) is 0 Å². The van der Waals surface area contributed by atoms with Gasteiger partial charge < -0.3 is 5.32 Å². The first-order chi connectivity index (χ1) is 6.77. The van der Waals surface area contributed by atoms with Crippen molar-refractivity contribution in [2.45, 2.75) is 46.1 Å². The summed E-state index contributed by atoms with van der Waals surface area (Å²) in [7, 11) is 0. The minimum atomic E-state index is 0.782. The molecule has 1 aliphatic heterocycles. The van der Waals surface area contributed by atoms with Crippen LogP contribution in [0, 0.1) is 5.92 Å². The zero-order chi connectivity index (χ0) is 10.4. The minimum Gasteiger partial charge on any atom is -0.315 e. The van der Waals surface area contributed by atoms with E-state index in [0.717, 1.165) is 18.5 Å². The maximum atomic E-state index is 3.48. The van der Waals surface area contributed by atoms with Crippen molar-refractivity contribution in [3.63, 3.8) is 0 Å². The molecule has 0 saturated carbocycles. The number of nitrogens with one attached hydrogen (secondary N) is 1. The van der Waals surface area contributed by atoms with Crippen LogP contribution >= 0.6 is 0 Å². The van der Waals surface area contributed by atoms with Crippen molar-refractivity contribution in [3.05, 3.63) is 0 Å². The summed E-state index contributed by atoms with van der Waals surface area (Å²) in [5, 5.41) is 3.48. The third kappa shape index (κ3) is 3.58. The van der Waals surface area contributed by atoms with Gasteiger partial charge in [-0.15, -0.1) is 0 Å². The van der Waals surface area contributed by atoms with Crippen LogP contribution in [0.2, 0.25) is 0 Å². The Morgan fingerprint density at radius 2 is 2.21 bits per heavy atom. The summed E-state index contributed by atoms with van der Waals surface area (Å²) in [5.41, 5.74) is 0. The van der Waals surface area contributed by atoms with Gasteiger partial charge in [0.15, 0.2) is 0 Å². The third-order valence-corrected chi connectivity index (χ3v) is 3.22. The van der Waals surface area contributed by atoms with Crippen molar-refractivity contribution in [2.75, 3.05) is 26.2 Å². The molecule has 2 unspecified atom stereocenters. The average molecular weight is 198 g/mol. The lowest BCUT2D eigenvalue weighted by Gasteiger charge is -2.27. The first kappa shape index (κ1) is 12.0. The fraction of sp³-hybridized carbons (Fsp3) is 1.00. The summed E-state index contributed by atoms with van der Waals surface area (Å²) < 4.78 is 0. The van der Waals surface area contributed by atoms with Crippen LogP contribution in [-0.2, 0) is 0 Å². The van der Waals surface area contributed by atoms with Gasteiger partial charge >= 0.3 is 0 Å². The first-order valence-electron chi connectivity index (χ1n) is 6.22. The average Bonchev–Trinajstić information content (AvgIpc) is 2.59. The molecule has 0 spiro atoms. The zero-order valence-electron chi connectivity index (χ0n) is 10.1. The third-order valence-electron chi connectivity index (χ3n) is 3.22. The van der Waals surface area contributed by atoms with Gasteiger partial charge in [-0.05, 0) is 31.8 Å². The number of hydrogen-bond donors (Lipinski definition) is 1. The molecule has 0 amide bonds. The number of hydrogen-bond acceptors (Lipinski definition) is 2. The van der Waals surface area contributed by atoms with Crippen molar-refractivity contribution in [1.29, 1.82) is 0 Å². The maximum absolute atomic E-state index is 3.48. The molecule has 0 aromatic carbocycles. The molecule has 1 N–H and O–H groups in total. The molecule has 0 radical (unpaired) electrons. The van der Waals surface area contributed by atoms with Crippen molar-refractivity contribution >= 4 is 0 Å². The Kier molecular flexibility index (Phi) is 5.49. The standard InChI is InChI=1S/C12H26N2/c1-4-6-12(9-13-5-2)14-8-7-11(3)10-14/h11-13H,4-10H2,1-3H3. The van der Waals surface area contributed by atoms with E-state index in [9.17, 15) is 0 Å². The molecule has 84 valence electrons. The predicted octanol–water partition coefficient (Wildman–Crippen LogP) is 2.11. The molecule has 1 fully saturated rings. The second kappa shape index (κ2) is 6.41. The van der Waals surface area contributed by atoms with Gasteiger partial charge in [0.25, 0.3) is 0 Å². The zero-order valence-corrected chi connectivity index (χ0v) is 10.1. The summed E-state index contributed by atoms with van der Waals surface area (Å²) in [6, 6.07) is 0.782. The molecule has 0 aromatic rings. The van der Waals surface area contributed by atoms with Crippen LogP contribution in [0.5, 0.6) is 0 Å². The van der Waals surface area contributed by atoms with Gasteiger partial charge in [0.05, 0.1) is 0 Å². The van der Waals surface area contributed by atoms with E-state index in [1.807, 2.05) is 0 Å². The van der Waals surface area contributed by atoms with Crippen LogP contribution in [0.1, 0.15) is 40.0 Å². The van der Waals surface area contributed by atoms with Gasteiger partial charge in [0, 0.05) is 19.1 Å². The number of likely N-dealkylation sites (tertiary alicyclic amines) is 1. The minimum absolute atomic E-state index is 0.782. The van der Waals surface area contributed by atoms with Crippen LogP contribution in [0.15, 0.2) is 0 Å². The smallest absolute Gasteiger partial charge is 0.0220 e. The molecule has 0 bridgehead atoms. The molecule has 2 heteroatoms. The van der Waals surface area contributed by atoms with Gasteiger partial charge in [0.1, 0.15) is 0 Å². The van der Waals surface area contributed by atoms with E-state index in [0.29, 0.717) is 0 Å². The Balaban J connectivity index is 2.33. The molecule has 2 atom stereocenters. The van der Waals surface area contributed by atoms with E-state index in [-0.39, 0.29) is 0 Å². The van der Waals surface area contributed by atoms with E-state index < -0.39 is 0 Å². The maximum Gasteiger partial charge on any atom is 0.0220 e. The van der Waals surface area contributed by atoms with Crippen molar-refractivity contribution in [1.82, 2.24) is 10.2 Å². The van der Waals surface area contributed by atoms with E-state index in [1.54, 1.807) is 0 Å². The SMILES string of the molecule is CCCC(CNCC)N1CCC(C)C1. The van der Waals surface area contributed by atoms with Crippen molar-refractivity contribution < 1.29 is 0 Å². The van der Waals surface area contributed by atoms with Gasteiger partial charge in [-0.25, -0.2) is 0 Å². The monoisotopic (exact) mass is 198 g/mol. The normalized spacial score (nSPS) is 25.5. The predicted molar refractivity (Wildman–Crippen MR) is 62.6 cm³/mol. The highest BCUT2D eigenvalue weighted by Crippen LogP contribution is 2.19. The largest absolute Gasteiger partial charge is 0.315 e. The summed E-state index contributed by atoms with van der Waals surface area (Å²) in [5.74, 6) is 0.913. The summed E-state index contributed by atoms with van der Waals surface area (Å²) in [4.78, 5) is 2.68. The summed E-state index contributed by atoms with van der Waals surface area (Å²) in [6.45, 7) is 11.8. The molecule has 0 aromatic heterocycles. The lowest BCUT2D eigenvalue weighted by atomic mass is 10.1. The Hall–Kier alpha value is -0.0800. The van der Waals surface area contributed by atoms with Crippen LogP contribution < -0.4 is 5.32 Å². The Morgan fingerprint density at radius 3 is 2.71 bits per heavy atom. The first-order valence-corrected chi connectivity index (χ1v) is 6.22. The van der Waals surface area contributed by atoms with Crippen molar-refractivity contribution in [2.24, 2.45) is 5.92 Å². The highest BCUT2D eigenvalue weighted by Gasteiger charge is 2.24. The van der Waals surface area contributed by atoms with E-state index in [4.69, 9.17) is 0 Å². The highest BCUT2D eigenvalue weighted by atomic mass is 15.2. The molecule has 1 rings (SSSR count). The van der Waals surface area contributed by atoms with Crippen LogP contribution in [-0.4, -0.2) is 37.1 Å². The number of likely N-dealkylation sites (N-methyl/N-ethyl adjacent to an activating group) is 1. The number of nitrogens with zero attached hydrogens (tertiary/aromatic N) is 1. The second-order valence-electron chi connectivity index (χ2n) is 4.64. The quantitative estimate of drug-likeness (QED) is 0.703. The molecular weight excluding hydrogens is 172 g/mol. The molecule has 1 saturated heterocycles. The summed E-state index contributed by atoms with van der Waals surface area (Å²) >= 11 is 0. The molecule has 1 heterocycles. The fourth-order valence-electron chi connectivity index (χ4n) is 2.36. The molecule has 0 aliphatic carbocycles. The molecule has 2 nitrogen and oxygen atoms in total. The lowest BCUT2D eigenvalue weighted by Crippen LogP contribution is -2.41. The van der Waals surface area contributed by atoms with Crippen LogP contribution in [0.4, 0.5) is 0 Å². The topological polar surface area (TPSA) is 15.3 Å². The van der Waals surface area contributed by atoms with E-state index in [1.165, 1.54) is 38.9 Å². The van der Waals surface area contributed by atoms with E-state index in [2.05, 4.69) is 31.0 Å². The highest BCUT2D eigenvalue weighted by molar-refractivity contribution is 4.80. The Bertz CT molecular complexity index is 147. The Labute approximate surface area is 89.1 Å². The fourth-order valence-corrected chi connectivity index (χ4v) is 2.36. The Morgan fingerprint density at radius 1 is 1.43 bits per heavy atom. The van der Waals surface area contributed by atoms with Gasteiger partial charge in [0.2, 0.25) is 0 Å². The molecule has 1 aliphatic rings. The second-order valence-corrected chi connectivity index (χ2v) is 4.64. The van der Waals surface area contributed by atoms with Gasteiger partial charge in [-0.1, -0.05) is 27.2 Å². The molecular formula is C12H26N2. The lowest BCUT2D eigenvalue weighted by molar-refractivity contribution is 0.217. The van der Waals surface area contributed by atoms with Crippen LogP contribution in [0.3, 0.4) is 0 Å². The van der Waals surface area contributed by atoms with Gasteiger partial charge in [-0.3, -0.25) is 4.90 Å². The van der Waals surface area contributed by atoms with Crippen molar-refractivity contribution in [3.8, 4) is 0 Å². The molecule has 14 heavy (non-hydrogen) atoms. The van der Waals surface area contributed by atoms with E-state index >= 15 is 0 Å². The van der Waals surface area contributed by atoms with Crippen LogP contribution in [0.25, 0.3) is 0 Å². The number of rotatable bonds is 6. The summed E-state index contributed by atoms with van der Waals surface area (Å²) in [6.07, 6.45) is 4.05.